The number of unbranched alkanes of at least 4 members (excludes halogenated alkanes) is 4. The molecular formula is C11H20N4O2. The third kappa shape index (κ3) is 4.13. The number of aryl methyl sites for hydroxylation is 1. The average Bonchev–Trinajstić information content (AvgIpc) is 2.76. The Kier molecular flexibility index (Phi) is 5.59. The zero-order valence-corrected chi connectivity index (χ0v) is 10.5. The van der Waals surface area contributed by atoms with Gasteiger partial charge >= 0.3 is 5.97 Å². The number of carbonyl (C=O) groups is 1. The van der Waals surface area contributed by atoms with Gasteiger partial charge in [-0.15, -0.1) is 5.10 Å². The molecule has 0 amide bonds. The van der Waals surface area contributed by atoms with Gasteiger partial charge in [-0.25, -0.2) is 9.48 Å². The topological polar surface area (TPSA) is 80.9 Å². The molecular weight excluding hydrogens is 220 g/mol. The van der Waals surface area contributed by atoms with Gasteiger partial charge in [0, 0.05) is 6.42 Å². The summed E-state index contributed by atoms with van der Waals surface area (Å²) in [6.45, 7) is 3.76. The van der Waals surface area contributed by atoms with Crippen molar-refractivity contribution in [2.45, 2.75) is 58.4 Å². The molecule has 1 N–H and O–H groups in total. The maximum atomic E-state index is 10.8. The maximum absolute atomic E-state index is 10.8. The number of rotatable bonds is 8. The summed E-state index contributed by atoms with van der Waals surface area (Å²) in [7, 11) is 0. The first-order valence-electron chi connectivity index (χ1n) is 6.16. The molecule has 17 heavy (non-hydrogen) atoms. The summed E-state index contributed by atoms with van der Waals surface area (Å²) in [4.78, 5) is 10.8. The van der Waals surface area contributed by atoms with Gasteiger partial charge in [0.05, 0.1) is 0 Å². The van der Waals surface area contributed by atoms with Crippen LogP contribution in [0.5, 0.6) is 0 Å². The summed E-state index contributed by atoms with van der Waals surface area (Å²) in [5.41, 5.74) is 0. The van der Waals surface area contributed by atoms with Crippen molar-refractivity contribution in [3.05, 3.63) is 5.82 Å². The van der Waals surface area contributed by atoms with E-state index in [1.165, 1.54) is 23.9 Å². The lowest BCUT2D eigenvalue weighted by Crippen LogP contribution is -2.19. The van der Waals surface area contributed by atoms with Gasteiger partial charge in [-0.3, -0.25) is 0 Å². The molecule has 0 bridgehead atoms. The van der Waals surface area contributed by atoms with Crippen molar-refractivity contribution in [1.82, 2.24) is 20.2 Å². The molecule has 0 aromatic carbocycles. The minimum atomic E-state index is -0.912. The Bertz CT molecular complexity index is 351. The summed E-state index contributed by atoms with van der Waals surface area (Å²) in [6, 6.07) is -0.698. The zero-order valence-electron chi connectivity index (χ0n) is 10.5. The fourth-order valence-corrected chi connectivity index (χ4v) is 1.67. The predicted molar refractivity (Wildman–Crippen MR) is 62.6 cm³/mol. The number of hydrogen-bond acceptors (Lipinski definition) is 4. The Hall–Kier alpha value is -1.46. The Balaban J connectivity index is 2.43. The number of hydrogen-bond donors (Lipinski definition) is 1. The summed E-state index contributed by atoms with van der Waals surface area (Å²) in [5, 5.41) is 20.0. The molecule has 6 heteroatoms. The fraction of sp³-hybridized carbons (Fsp3) is 0.818. The molecule has 0 radical (unpaired) electrons. The predicted octanol–water partition coefficient (Wildman–Crippen LogP) is 1.83. The van der Waals surface area contributed by atoms with Crippen LogP contribution < -0.4 is 0 Å². The normalized spacial score (nSPS) is 12.6. The van der Waals surface area contributed by atoms with Crippen LogP contribution in [0, 0.1) is 0 Å². The second kappa shape index (κ2) is 6.98. The van der Waals surface area contributed by atoms with Crippen LogP contribution >= 0.6 is 0 Å². The van der Waals surface area contributed by atoms with Crippen LogP contribution in [0.3, 0.4) is 0 Å². The van der Waals surface area contributed by atoms with E-state index < -0.39 is 12.0 Å². The molecule has 0 aliphatic carbocycles. The van der Waals surface area contributed by atoms with Gasteiger partial charge in [-0.2, -0.15) is 0 Å². The summed E-state index contributed by atoms with van der Waals surface area (Å²) >= 11 is 0. The van der Waals surface area contributed by atoms with Crippen molar-refractivity contribution in [2.75, 3.05) is 0 Å². The van der Waals surface area contributed by atoms with E-state index in [0.717, 1.165) is 19.3 Å². The molecule has 0 aliphatic rings. The Morgan fingerprint density at radius 2 is 2.06 bits per heavy atom. The largest absolute Gasteiger partial charge is 0.480 e. The average molecular weight is 240 g/mol. The first-order valence-corrected chi connectivity index (χ1v) is 6.16. The summed E-state index contributed by atoms with van der Waals surface area (Å²) in [5.74, 6) is -0.249. The molecule has 1 atom stereocenters. The van der Waals surface area contributed by atoms with E-state index in [-0.39, 0.29) is 0 Å². The molecule has 1 heterocycles. The lowest BCUT2D eigenvalue weighted by atomic mass is 10.1. The minimum Gasteiger partial charge on any atom is -0.480 e. The van der Waals surface area contributed by atoms with E-state index in [1.54, 1.807) is 6.92 Å². The number of carboxylic acid groups (broad SMARTS) is 1. The molecule has 0 saturated heterocycles. The van der Waals surface area contributed by atoms with E-state index in [4.69, 9.17) is 5.11 Å². The van der Waals surface area contributed by atoms with Crippen LogP contribution in [-0.4, -0.2) is 31.3 Å². The van der Waals surface area contributed by atoms with Crippen LogP contribution in [0.25, 0.3) is 0 Å². The lowest BCUT2D eigenvalue weighted by molar-refractivity contribution is -0.140. The second-order valence-electron chi connectivity index (χ2n) is 4.22. The highest BCUT2D eigenvalue weighted by molar-refractivity contribution is 5.71. The van der Waals surface area contributed by atoms with E-state index >= 15 is 0 Å². The molecule has 1 unspecified atom stereocenters. The van der Waals surface area contributed by atoms with Gasteiger partial charge in [0.1, 0.15) is 6.04 Å². The van der Waals surface area contributed by atoms with Gasteiger partial charge in [-0.05, 0) is 23.8 Å². The van der Waals surface area contributed by atoms with Crippen LogP contribution in [-0.2, 0) is 11.2 Å². The van der Waals surface area contributed by atoms with E-state index in [2.05, 4.69) is 22.4 Å². The number of tetrazole rings is 1. The van der Waals surface area contributed by atoms with Gasteiger partial charge in [0.15, 0.2) is 5.82 Å². The Morgan fingerprint density at radius 3 is 2.71 bits per heavy atom. The fourth-order valence-electron chi connectivity index (χ4n) is 1.67. The van der Waals surface area contributed by atoms with Gasteiger partial charge in [0.2, 0.25) is 0 Å². The van der Waals surface area contributed by atoms with Crippen LogP contribution in [0.15, 0.2) is 0 Å². The first kappa shape index (κ1) is 13.6. The third-order valence-electron chi connectivity index (χ3n) is 2.79. The zero-order chi connectivity index (χ0) is 12.7. The van der Waals surface area contributed by atoms with E-state index in [0.29, 0.717) is 5.82 Å². The molecule has 1 aromatic rings. The van der Waals surface area contributed by atoms with Crippen molar-refractivity contribution >= 4 is 5.97 Å². The lowest BCUT2D eigenvalue weighted by Gasteiger charge is -2.08. The molecule has 96 valence electrons. The highest BCUT2D eigenvalue weighted by Gasteiger charge is 2.18. The van der Waals surface area contributed by atoms with Crippen molar-refractivity contribution in [3.8, 4) is 0 Å². The van der Waals surface area contributed by atoms with Crippen molar-refractivity contribution in [1.29, 1.82) is 0 Å². The highest BCUT2D eigenvalue weighted by Crippen LogP contribution is 2.10. The molecule has 1 aromatic heterocycles. The van der Waals surface area contributed by atoms with E-state index in [9.17, 15) is 4.79 Å². The summed E-state index contributed by atoms with van der Waals surface area (Å²) in [6.07, 6.45) is 6.57. The van der Waals surface area contributed by atoms with Crippen LogP contribution in [0.1, 0.15) is 57.8 Å². The number of aromatic nitrogens is 4. The quantitative estimate of drug-likeness (QED) is 0.701. The first-order chi connectivity index (χ1) is 8.16. The standard InChI is InChI=1S/C11H20N4O2/c1-3-4-5-6-7-8-10-12-13-14-15(10)9(2)11(16)17/h9H,3-8H2,1-2H3,(H,16,17). The molecule has 0 saturated carbocycles. The molecule has 0 spiro atoms. The molecule has 0 fully saturated rings. The van der Waals surface area contributed by atoms with Gasteiger partial charge in [-0.1, -0.05) is 32.6 Å². The SMILES string of the molecule is CCCCCCCc1nnnn1C(C)C(=O)O. The number of nitrogens with zero attached hydrogens (tertiary/aromatic N) is 4. The minimum absolute atomic E-state index is 0.663. The summed E-state index contributed by atoms with van der Waals surface area (Å²) < 4.78 is 1.39. The van der Waals surface area contributed by atoms with Gasteiger partial charge < -0.3 is 5.11 Å². The third-order valence-corrected chi connectivity index (χ3v) is 2.79. The van der Waals surface area contributed by atoms with Crippen molar-refractivity contribution in [3.63, 3.8) is 0 Å². The highest BCUT2D eigenvalue weighted by atomic mass is 16.4. The number of aliphatic carboxylic acids is 1. The Labute approximate surface area is 101 Å². The smallest absolute Gasteiger partial charge is 0.328 e. The maximum Gasteiger partial charge on any atom is 0.328 e. The van der Waals surface area contributed by atoms with Crippen LogP contribution in [0.2, 0.25) is 0 Å². The molecule has 6 nitrogen and oxygen atoms in total. The molecule has 0 aliphatic heterocycles. The monoisotopic (exact) mass is 240 g/mol. The van der Waals surface area contributed by atoms with Crippen molar-refractivity contribution < 1.29 is 9.90 Å². The number of carboxylic acids is 1. The molecule has 1 rings (SSSR count). The van der Waals surface area contributed by atoms with Crippen LogP contribution in [0.4, 0.5) is 0 Å². The Morgan fingerprint density at radius 1 is 1.35 bits per heavy atom. The van der Waals surface area contributed by atoms with E-state index in [1.807, 2.05) is 0 Å². The van der Waals surface area contributed by atoms with Gasteiger partial charge in [0.25, 0.3) is 0 Å². The second-order valence-corrected chi connectivity index (χ2v) is 4.22. The van der Waals surface area contributed by atoms with Crippen molar-refractivity contribution in [2.24, 2.45) is 0 Å².